The van der Waals surface area contributed by atoms with Crippen LogP contribution in [0, 0.1) is 17.8 Å². The predicted octanol–water partition coefficient (Wildman–Crippen LogP) is 2.28. The van der Waals surface area contributed by atoms with Gasteiger partial charge in [-0.05, 0) is 44.2 Å². The average molecular weight is 155 g/mol. The van der Waals surface area contributed by atoms with Crippen molar-refractivity contribution in [2.45, 2.75) is 33.1 Å². The summed E-state index contributed by atoms with van der Waals surface area (Å²) in [6.07, 6.45) is 4.23. The van der Waals surface area contributed by atoms with Crippen molar-refractivity contribution < 1.29 is 0 Å². The Hall–Kier alpha value is -0.0400. The Morgan fingerprint density at radius 3 is 2.55 bits per heavy atom. The van der Waals surface area contributed by atoms with Crippen LogP contribution >= 0.6 is 0 Å². The van der Waals surface area contributed by atoms with E-state index in [0.717, 1.165) is 17.8 Å². The summed E-state index contributed by atoms with van der Waals surface area (Å²) >= 11 is 0. The molecule has 66 valence electrons. The lowest BCUT2D eigenvalue weighted by Gasteiger charge is -2.14. The van der Waals surface area contributed by atoms with Gasteiger partial charge in [0.25, 0.3) is 0 Å². The van der Waals surface area contributed by atoms with Crippen molar-refractivity contribution in [3.8, 4) is 0 Å². The highest BCUT2D eigenvalue weighted by Gasteiger charge is 2.38. The van der Waals surface area contributed by atoms with Crippen molar-refractivity contribution in [1.82, 2.24) is 5.32 Å². The quantitative estimate of drug-likeness (QED) is 0.642. The maximum absolute atomic E-state index is 3.29. The minimum absolute atomic E-state index is 0.958. The standard InChI is InChI=1S/C10H21N/c1-4-5-9(7-11-3)10-6-8(10)2/h8-11H,4-7H2,1-3H3. The first kappa shape index (κ1) is 9.05. The van der Waals surface area contributed by atoms with Gasteiger partial charge in [-0.3, -0.25) is 0 Å². The highest BCUT2D eigenvalue weighted by molar-refractivity contribution is 4.88. The molecule has 0 heterocycles. The molecule has 1 fully saturated rings. The van der Waals surface area contributed by atoms with Crippen LogP contribution in [0.15, 0.2) is 0 Å². The van der Waals surface area contributed by atoms with Crippen LogP contribution in [0.25, 0.3) is 0 Å². The topological polar surface area (TPSA) is 12.0 Å². The van der Waals surface area contributed by atoms with Crippen molar-refractivity contribution in [1.29, 1.82) is 0 Å². The van der Waals surface area contributed by atoms with Gasteiger partial charge in [0, 0.05) is 0 Å². The summed E-state index contributed by atoms with van der Waals surface area (Å²) < 4.78 is 0. The Morgan fingerprint density at radius 1 is 1.55 bits per heavy atom. The molecule has 0 aromatic carbocycles. The first-order chi connectivity index (χ1) is 5.29. The second-order valence-corrected chi connectivity index (χ2v) is 3.98. The first-order valence-electron chi connectivity index (χ1n) is 4.94. The molecule has 1 N–H and O–H groups in total. The van der Waals surface area contributed by atoms with Crippen LogP contribution in [-0.4, -0.2) is 13.6 Å². The summed E-state index contributed by atoms with van der Waals surface area (Å²) in [5.74, 6) is 3.02. The lowest BCUT2D eigenvalue weighted by Crippen LogP contribution is -2.20. The summed E-state index contributed by atoms with van der Waals surface area (Å²) in [6.45, 7) is 5.89. The molecular formula is C10H21N. The van der Waals surface area contributed by atoms with Crippen molar-refractivity contribution in [3.63, 3.8) is 0 Å². The molecule has 0 saturated heterocycles. The van der Waals surface area contributed by atoms with E-state index >= 15 is 0 Å². The van der Waals surface area contributed by atoms with E-state index in [1.54, 1.807) is 0 Å². The van der Waals surface area contributed by atoms with E-state index in [2.05, 4.69) is 26.2 Å². The summed E-state index contributed by atoms with van der Waals surface area (Å²) in [5.41, 5.74) is 0. The van der Waals surface area contributed by atoms with Gasteiger partial charge in [-0.1, -0.05) is 20.3 Å². The molecule has 1 aliphatic rings. The monoisotopic (exact) mass is 155 g/mol. The smallest absolute Gasteiger partial charge is 0.00208 e. The molecule has 0 aliphatic heterocycles. The van der Waals surface area contributed by atoms with Crippen molar-refractivity contribution in [3.05, 3.63) is 0 Å². The highest BCUT2D eigenvalue weighted by atomic mass is 14.8. The molecule has 11 heavy (non-hydrogen) atoms. The van der Waals surface area contributed by atoms with E-state index in [9.17, 15) is 0 Å². The second-order valence-electron chi connectivity index (χ2n) is 3.98. The minimum Gasteiger partial charge on any atom is -0.319 e. The molecule has 1 aliphatic carbocycles. The Balaban J connectivity index is 2.22. The first-order valence-corrected chi connectivity index (χ1v) is 4.94. The van der Waals surface area contributed by atoms with Gasteiger partial charge in [0.15, 0.2) is 0 Å². The molecule has 0 amide bonds. The molecular weight excluding hydrogens is 134 g/mol. The van der Waals surface area contributed by atoms with Crippen molar-refractivity contribution in [2.75, 3.05) is 13.6 Å². The molecule has 0 spiro atoms. The van der Waals surface area contributed by atoms with Gasteiger partial charge in [0.05, 0.1) is 0 Å². The summed E-state index contributed by atoms with van der Waals surface area (Å²) in [4.78, 5) is 0. The highest BCUT2D eigenvalue weighted by Crippen LogP contribution is 2.45. The molecule has 3 atom stereocenters. The van der Waals surface area contributed by atoms with Crippen LogP contribution in [0.1, 0.15) is 33.1 Å². The fourth-order valence-electron chi connectivity index (χ4n) is 2.11. The maximum Gasteiger partial charge on any atom is -0.00208 e. The van der Waals surface area contributed by atoms with Gasteiger partial charge < -0.3 is 5.32 Å². The Bertz CT molecular complexity index is 105. The lowest BCUT2D eigenvalue weighted by atomic mass is 9.97. The van der Waals surface area contributed by atoms with Crippen LogP contribution in [0.2, 0.25) is 0 Å². The number of hydrogen-bond acceptors (Lipinski definition) is 1. The van der Waals surface area contributed by atoms with Crippen LogP contribution < -0.4 is 5.32 Å². The molecule has 0 bridgehead atoms. The van der Waals surface area contributed by atoms with Crippen LogP contribution in [0.4, 0.5) is 0 Å². The van der Waals surface area contributed by atoms with Crippen LogP contribution in [-0.2, 0) is 0 Å². The third-order valence-electron chi connectivity index (χ3n) is 2.90. The van der Waals surface area contributed by atoms with Crippen molar-refractivity contribution >= 4 is 0 Å². The predicted molar refractivity (Wildman–Crippen MR) is 49.6 cm³/mol. The molecule has 0 radical (unpaired) electrons. The summed E-state index contributed by atoms with van der Waals surface area (Å²) in [7, 11) is 2.07. The fourth-order valence-corrected chi connectivity index (χ4v) is 2.11. The van der Waals surface area contributed by atoms with E-state index < -0.39 is 0 Å². The van der Waals surface area contributed by atoms with E-state index in [0.29, 0.717) is 0 Å². The van der Waals surface area contributed by atoms with E-state index in [1.165, 1.54) is 25.8 Å². The van der Waals surface area contributed by atoms with Crippen LogP contribution in [0.3, 0.4) is 0 Å². The van der Waals surface area contributed by atoms with E-state index in [4.69, 9.17) is 0 Å². The summed E-state index contributed by atoms with van der Waals surface area (Å²) in [5, 5.41) is 3.29. The number of rotatable bonds is 5. The zero-order chi connectivity index (χ0) is 8.27. The maximum atomic E-state index is 3.29. The van der Waals surface area contributed by atoms with Gasteiger partial charge in [-0.25, -0.2) is 0 Å². The molecule has 1 saturated carbocycles. The second kappa shape index (κ2) is 4.10. The van der Waals surface area contributed by atoms with Gasteiger partial charge in [-0.15, -0.1) is 0 Å². The number of hydrogen-bond donors (Lipinski definition) is 1. The molecule has 0 aromatic heterocycles. The van der Waals surface area contributed by atoms with E-state index in [1.807, 2.05) is 0 Å². The van der Waals surface area contributed by atoms with Gasteiger partial charge in [0.1, 0.15) is 0 Å². The molecule has 3 unspecified atom stereocenters. The Morgan fingerprint density at radius 2 is 2.18 bits per heavy atom. The molecule has 0 aromatic rings. The Kier molecular flexibility index (Phi) is 3.38. The molecule has 1 rings (SSSR count). The van der Waals surface area contributed by atoms with Gasteiger partial charge in [-0.2, -0.15) is 0 Å². The molecule has 1 heteroatoms. The SMILES string of the molecule is CCCC(CNC)C1CC1C. The third kappa shape index (κ3) is 2.48. The lowest BCUT2D eigenvalue weighted by molar-refractivity contribution is 0.392. The summed E-state index contributed by atoms with van der Waals surface area (Å²) in [6, 6.07) is 0. The third-order valence-corrected chi connectivity index (χ3v) is 2.90. The zero-order valence-corrected chi connectivity index (χ0v) is 8.06. The molecule has 1 nitrogen and oxygen atoms in total. The largest absolute Gasteiger partial charge is 0.319 e. The van der Waals surface area contributed by atoms with Gasteiger partial charge in [0.2, 0.25) is 0 Å². The van der Waals surface area contributed by atoms with Crippen molar-refractivity contribution in [2.24, 2.45) is 17.8 Å². The zero-order valence-electron chi connectivity index (χ0n) is 8.06. The fraction of sp³-hybridized carbons (Fsp3) is 1.00. The average Bonchev–Trinajstić information content (AvgIpc) is 2.67. The number of nitrogens with one attached hydrogen (secondary N) is 1. The normalized spacial score (nSPS) is 31.9. The Labute approximate surface area is 70.6 Å². The van der Waals surface area contributed by atoms with Gasteiger partial charge >= 0.3 is 0 Å². The van der Waals surface area contributed by atoms with E-state index in [-0.39, 0.29) is 0 Å². The van der Waals surface area contributed by atoms with Crippen LogP contribution in [0.5, 0.6) is 0 Å². The minimum atomic E-state index is 0.958.